The van der Waals surface area contributed by atoms with Gasteiger partial charge in [0.15, 0.2) is 5.75 Å². The highest BCUT2D eigenvalue weighted by molar-refractivity contribution is 7.92. The Bertz CT molecular complexity index is 897. The number of rotatable bonds is 8. The fourth-order valence-electron chi connectivity index (χ4n) is 2.40. The zero-order chi connectivity index (χ0) is 21.8. The minimum atomic E-state index is -3.94. The first-order valence-corrected chi connectivity index (χ1v) is 10.5. The summed E-state index contributed by atoms with van der Waals surface area (Å²) in [5.41, 5.74) is 4.50. The Balaban J connectivity index is 2.38. The molecule has 2 rings (SSSR count). The third kappa shape index (κ3) is 6.05. The van der Waals surface area contributed by atoms with E-state index in [9.17, 15) is 22.0 Å². The number of hydrogen-bond donors (Lipinski definition) is 4. The van der Waals surface area contributed by atoms with E-state index in [4.69, 9.17) is 11.6 Å². The molecule has 1 aromatic carbocycles. The summed E-state index contributed by atoms with van der Waals surface area (Å²) in [6.07, 6.45) is 0. The highest BCUT2D eigenvalue weighted by Gasteiger charge is 2.26. The summed E-state index contributed by atoms with van der Waals surface area (Å²) in [5.74, 6) is -1.62. The molecular weight excluding hydrogens is 434 g/mol. The number of guanidine groups is 1. The second kappa shape index (κ2) is 9.41. The molecule has 1 aliphatic rings. The van der Waals surface area contributed by atoms with Crippen LogP contribution in [-0.4, -0.2) is 44.2 Å². The van der Waals surface area contributed by atoms with E-state index in [-0.39, 0.29) is 23.2 Å². The number of halogens is 3. The maximum atomic E-state index is 12.7. The van der Waals surface area contributed by atoms with E-state index in [1.165, 1.54) is 5.01 Å². The average Bonchev–Trinajstić information content (AvgIpc) is 3.03. The van der Waals surface area contributed by atoms with Gasteiger partial charge in [0.2, 0.25) is 16.0 Å². The van der Waals surface area contributed by atoms with Crippen LogP contribution in [0.15, 0.2) is 17.2 Å². The van der Waals surface area contributed by atoms with Crippen LogP contribution in [0.25, 0.3) is 0 Å². The third-order valence-electron chi connectivity index (χ3n) is 3.52. The molecule has 10 nitrogen and oxygen atoms in total. The topological polar surface area (TPSA) is 124 Å². The van der Waals surface area contributed by atoms with Crippen molar-refractivity contribution in [3.8, 4) is 5.75 Å². The van der Waals surface area contributed by atoms with Crippen LogP contribution in [0.1, 0.15) is 31.1 Å². The quantitative estimate of drug-likeness (QED) is 0.471. The lowest BCUT2D eigenvalue weighted by atomic mass is 10.1. The molecular formula is C15H21ClF2N6O4S. The van der Waals surface area contributed by atoms with Gasteiger partial charge < -0.3 is 4.74 Å². The number of hydrogen-bond acceptors (Lipinski definition) is 8. The number of benzene rings is 1. The lowest BCUT2D eigenvalue weighted by molar-refractivity contribution is -0.0493. The Hall–Kier alpha value is -2.38. The minimum absolute atomic E-state index is 0.142. The van der Waals surface area contributed by atoms with Gasteiger partial charge in [0, 0.05) is 6.54 Å². The SMILES string of the molecule is CCN1NNN=C1NC(=O)c1ccc(OC(F)F)c(NS(=O)(=O)CC(C)C)c1Cl. The molecule has 29 heavy (non-hydrogen) atoms. The molecule has 1 aromatic rings. The standard InChI is InChI=1S/C15H21ClF2N6O4S/c1-4-24-15(20-22-23-24)19-13(25)9-5-6-10(28-14(17)18)12(11(9)16)21-29(26,27)7-8(2)3/h5-6,8,14,21-23H,4,7H2,1-3H3,(H,19,20,25). The number of alkyl halides is 2. The van der Waals surface area contributed by atoms with Crippen LogP contribution in [0.2, 0.25) is 5.02 Å². The molecule has 4 N–H and O–H groups in total. The van der Waals surface area contributed by atoms with Crippen molar-refractivity contribution in [3.05, 3.63) is 22.7 Å². The van der Waals surface area contributed by atoms with E-state index in [1.54, 1.807) is 20.8 Å². The van der Waals surface area contributed by atoms with Crippen LogP contribution in [-0.2, 0) is 10.0 Å². The first-order chi connectivity index (χ1) is 13.5. The molecule has 14 heteroatoms. The molecule has 0 radical (unpaired) electrons. The summed E-state index contributed by atoms with van der Waals surface area (Å²) in [7, 11) is -3.94. The first-order valence-electron chi connectivity index (χ1n) is 8.49. The van der Waals surface area contributed by atoms with Crippen molar-refractivity contribution < 1.29 is 26.7 Å². The number of amides is 1. The third-order valence-corrected chi connectivity index (χ3v) is 5.53. The van der Waals surface area contributed by atoms with Crippen molar-refractivity contribution in [1.29, 1.82) is 0 Å². The molecule has 0 unspecified atom stereocenters. The lowest BCUT2D eigenvalue weighted by Gasteiger charge is -2.19. The van der Waals surface area contributed by atoms with Crippen molar-refractivity contribution in [1.82, 2.24) is 21.4 Å². The second-order valence-corrected chi connectivity index (χ2v) is 8.46. The molecule has 0 fully saturated rings. The van der Waals surface area contributed by atoms with Crippen molar-refractivity contribution >= 4 is 39.2 Å². The summed E-state index contributed by atoms with van der Waals surface area (Å²) in [4.78, 5) is 12.6. The van der Waals surface area contributed by atoms with Gasteiger partial charge in [-0.25, -0.2) is 14.0 Å². The summed E-state index contributed by atoms with van der Waals surface area (Å²) >= 11 is 6.19. The molecule has 0 aromatic heterocycles. The Morgan fingerprint density at radius 3 is 2.66 bits per heavy atom. The fraction of sp³-hybridized carbons (Fsp3) is 0.467. The number of ether oxygens (including phenoxy) is 1. The van der Waals surface area contributed by atoms with E-state index in [1.807, 2.05) is 0 Å². The fourth-order valence-corrected chi connectivity index (χ4v) is 4.22. The molecule has 0 saturated carbocycles. The molecule has 0 aliphatic carbocycles. The molecule has 0 saturated heterocycles. The molecule has 1 amide bonds. The molecule has 0 atom stereocenters. The van der Waals surface area contributed by atoms with Crippen LogP contribution in [0.3, 0.4) is 0 Å². The zero-order valence-electron chi connectivity index (χ0n) is 15.8. The molecule has 1 aliphatic heterocycles. The van der Waals surface area contributed by atoms with Gasteiger partial charge >= 0.3 is 6.61 Å². The van der Waals surface area contributed by atoms with E-state index >= 15 is 0 Å². The summed E-state index contributed by atoms with van der Waals surface area (Å²) < 4.78 is 56.5. The van der Waals surface area contributed by atoms with Crippen molar-refractivity contribution in [2.45, 2.75) is 27.4 Å². The number of hydrazone groups is 1. The maximum absolute atomic E-state index is 12.7. The van der Waals surface area contributed by atoms with E-state index in [0.717, 1.165) is 12.1 Å². The van der Waals surface area contributed by atoms with Gasteiger partial charge in [0.25, 0.3) is 5.91 Å². The Morgan fingerprint density at radius 1 is 1.38 bits per heavy atom. The number of anilines is 1. The number of nitrogens with one attached hydrogen (secondary N) is 4. The van der Waals surface area contributed by atoms with E-state index in [0.29, 0.717) is 6.54 Å². The number of carbonyl (C=O) groups is 1. The zero-order valence-corrected chi connectivity index (χ0v) is 17.4. The summed E-state index contributed by atoms with van der Waals surface area (Å²) in [6, 6.07) is 2.17. The smallest absolute Gasteiger partial charge is 0.387 e. The molecule has 0 spiro atoms. The predicted molar refractivity (Wildman–Crippen MR) is 104 cm³/mol. The predicted octanol–water partition coefficient (Wildman–Crippen LogP) is 1.68. The maximum Gasteiger partial charge on any atom is 0.387 e. The number of carbonyl (C=O) groups excluding carboxylic acids is 1. The number of sulfonamides is 1. The van der Waals surface area contributed by atoms with E-state index in [2.05, 4.69) is 30.9 Å². The van der Waals surface area contributed by atoms with Gasteiger partial charge in [-0.15, -0.1) is 10.6 Å². The molecule has 162 valence electrons. The Labute approximate surface area is 171 Å². The van der Waals surface area contributed by atoms with Crippen molar-refractivity contribution in [2.75, 3.05) is 17.0 Å². The van der Waals surface area contributed by atoms with Gasteiger partial charge in [-0.05, 0) is 25.0 Å². The number of nitrogens with zero attached hydrogens (tertiary/aromatic N) is 2. The lowest BCUT2D eigenvalue weighted by Crippen LogP contribution is -2.47. The van der Waals surface area contributed by atoms with Crippen LogP contribution in [0.5, 0.6) is 5.75 Å². The van der Waals surface area contributed by atoms with Gasteiger partial charge in [-0.2, -0.15) is 8.78 Å². The second-order valence-electron chi connectivity index (χ2n) is 6.31. The van der Waals surface area contributed by atoms with Gasteiger partial charge in [0.1, 0.15) is 5.69 Å². The van der Waals surface area contributed by atoms with E-state index < -0.39 is 39.0 Å². The number of hydrazine groups is 2. The van der Waals surface area contributed by atoms with Gasteiger partial charge in [-0.1, -0.05) is 25.4 Å². The molecule has 1 heterocycles. The van der Waals surface area contributed by atoms with Gasteiger partial charge in [0.05, 0.1) is 16.3 Å². The first kappa shape index (κ1) is 22.9. The Kier molecular flexibility index (Phi) is 7.43. The van der Waals surface area contributed by atoms with Crippen LogP contribution in [0.4, 0.5) is 14.5 Å². The van der Waals surface area contributed by atoms with Crippen molar-refractivity contribution in [2.24, 2.45) is 11.0 Å². The average molecular weight is 455 g/mol. The van der Waals surface area contributed by atoms with Crippen LogP contribution >= 0.6 is 11.6 Å². The molecule has 0 bridgehead atoms. The highest BCUT2D eigenvalue weighted by Crippen LogP contribution is 2.37. The van der Waals surface area contributed by atoms with Crippen LogP contribution in [0, 0.1) is 5.92 Å². The van der Waals surface area contributed by atoms with Crippen molar-refractivity contribution in [3.63, 3.8) is 0 Å². The minimum Gasteiger partial charge on any atom is -0.433 e. The normalized spacial score (nSPS) is 14.1. The summed E-state index contributed by atoms with van der Waals surface area (Å²) in [5, 5.41) is 7.39. The summed E-state index contributed by atoms with van der Waals surface area (Å²) in [6.45, 7) is 2.38. The largest absolute Gasteiger partial charge is 0.433 e. The monoisotopic (exact) mass is 454 g/mol. The Morgan fingerprint density at radius 2 is 2.07 bits per heavy atom. The van der Waals surface area contributed by atoms with Gasteiger partial charge in [-0.3, -0.25) is 19.8 Å². The highest BCUT2D eigenvalue weighted by atomic mass is 35.5. The van der Waals surface area contributed by atoms with Crippen LogP contribution < -0.4 is 25.8 Å².